The zero-order chi connectivity index (χ0) is 23.4. The number of hydrogen-bond acceptors (Lipinski definition) is 5. The first-order valence-corrected chi connectivity index (χ1v) is 11.6. The summed E-state index contributed by atoms with van der Waals surface area (Å²) in [6, 6.07) is 17.4. The molecule has 1 heterocycles. The van der Waals surface area contributed by atoms with Gasteiger partial charge in [-0.1, -0.05) is 24.3 Å². The minimum Gasteiger partial charge on any atom is -0.494 e. The van der Waals surface area contributed by atoms with Crippen molar-refractivity contribution in [3.05, 3.63) is 92.5 Å². The van der Waals surface area contributed by atoms with E-state index in [0.29, 0.717) is 33.9 Å². The van der Waals surface area contributed by atoms with Crippen molar-refractivity contribution >= 4 is 50.5 Å². The molecular formula is C25H20BrFN2O3S. The van der Waals surface area contributed by atoms with Crippen molar-refractivity contribution in [2.45, 2.75) is 13.5 Å². The average molecular weight is 527 g/mol. The number of carbonyl (C=O) groups is 1. The molecule has 0 bridgehead atoms. The Morgan fingerprint density at radius 2 is 1.85 bits per heavy atom. The molecule has 0 unspecified atom stereocenters. The number of carbonyl (C=O) groups excluding carboxylic acids is 1. The molecule has 33 heavy (non-hydrogen) atoms. The molecule has 5 nitrogen and oxygen atoms in total. The van der Waals surface area contributed by atoms with Gasteiger partial charge in [0.05, 0.1) is 16.5 Å². The lowest BCUT2D eigenvalue weighted by molar-refractivity contribution is -0.115. The van der Waals surface area contributed by atoms with Crippen LogP contribution in [0.2, 0.25) is 0 Å². The summed E-state index contributed by atoms with van der Waals surface area (Å²) in [4.78, 5) is 17.5. The second kappa shape index (κ2) is 10.2. The van der Waals surface area contributed by atoms with Crippen LogP contribution in [-0.2, 0) is 11.4 Å². The number of halogens is 2. The topological polar surface area (TPSA) is 59.9 Å². The van der Waals surface area contributed by atoms with Crippen LogP contribution in [0.3, 0.4) is 0 Å². The quantitative estimate of drug-likeness (QED) is 0.378. The highest BCUT2D eigenvalue weighted by Crippen LogP contribution is 2.34. The van der Waals surface area contributed by atoms with Crippen LogP contribution in [0.4, 0.5) is 10.1 Å². The molecule has 0 spiro atoms. The van der Waals surface area contributed by atoms with Gasteiger partial charge in [-0.15, -0.1) is 0 Å². The lowest BCUT2D eigenvalue weighted by Gasteiger charge is -2.09. The summed E-state index contributed by atoms with van der Waals surface area (Å²) in [7, 11) is 1.59. The number of nitrogens with zero attached hydrogens (tertiary/aromatic N) is 1. The standard InChI is InChI=1S/C25H20BrFN2O3S/c1-15-3-9-22(31-2)20(11-15)28-25-29-24(30)23(33-25)13-17-6-10-21(19(26)12-17)32-14-16-4-7-18(27)8-5-16/h3-13H,14H2,1-2H3,(H,28,29,30)/b23-13-. The molecule has 1 aliphatic rings. The van der Waals surface area contributed by atoms with Crippen LogP contribution in [0.5, 0.6) is 11.5 Å². The molecular weight excluding hydrogens is 507 g/mol. The van der Waals surface area contributed by atoms with Gasteiger partial charge >= 0.3 is 0 Å². The van der Waals surface area contributed by atoms with E-state index in [1.807, 2.05) is 43.3 Å². The molecule has 8 heteroatoms. The minimum atomic E-state index is -0.280. The highest BCUT2D eigenvalue weighted by Gasteiger charge is 2.24. The van der Waals surface area contributed by atoms with E-state index in [1.54, 1.807) is 25.3 Å². The van der Waals surface area contributed by atoms with Gasteiger partial charge in [-0.2, -0.15) is 0 Å². The van der Waals surface area contributed by atoms with Crippen molar-refractivity contribution in [2.24, 2.45) is 4.99 Å². The van der Waals surface area contributed by atoms with E-state index < -0.39 is 0 Å². The molecule has 0 aliphatic carbocycles. The molecule has 1 aliphatic heterocycles. The summed E-state index contributed by atoms with van der Waals surface area (Å²) in [5, 5.41) is 3.29. The number of nitrogens with one attached hydrogen (secondary N) is 1. The number of amidine groups is 1. The molecule has 1 N–H and O–H groups in total. The zero-order valence-corrected chi connectivity index (χ0v) is 20.3. The Kier molecular flexibility index (Phi) is 7.15. The second-order valence-corrected chi connectivity index (χ2v) is 9.15. The molecule has 3 aromatic rings. The third-order valence-electron chi connectivity index (χ3n) is 4.77. The fourth-order valence-electron chi connectivity index (χ4n) is 3.09. The van der Waals surface area contributed by atoms with E-state index in [9.17, 15) is 9.18 Å². The van der Waals surface area contributed by atoms with Crippen LogP contribution in [0, 0.1) is 12.7 Å². The Balaban J connectivity index is 1.47. The largest absolute Gasteiger partial charge is 0.494 e. The van der Waals surface area contributed by atoms with E-state index in [4.69, 9.17) is 9.47 Å². The first kappa shape index (κ1) is 23.1. The molecule has 0 saturated carbocycles. The molecule has 3 aromatic carbocycles. The lowest BCUT2D eigenvalue weighted by atomic mass is 10.2. The summed E-state index contributed by atoms with van der Waals surface area (Å²) in [6.07, 6.45) is 1.80. The number of aliphatic imine (C=N–C) groups is 1. The Bertz CT molecular complexity index is 1260. The van der Waals surface area contributed by atoms with E-state index >= 15 is 0 Å². The minimum absolute atomic E-state index is 0.210. The van der Waals surface area contributed by atoms with Gasteiger partial charge in [0, 0.05) is 0 Å². The maximum atomic E-state index is 13.0. The van der Waals surface area contributed by atoms with E-state index in [2.05, 4.69) is 26.2 Å². The van der Waals surface area contributed by atoms with Gasteiger partial charge in [-0.05, 0) is 93.8 Å². The van der Waals surface area contributed by atoms with Gasteiger partial charge in [0.25, 0.3) is 5.91 Å². The summed E-state index contributed by atoms with van der Waals surface area (Å²) < 4.78 is 25.0. The Morgan fingerprint density at radius 1 is 1.09 bits per heavy atom. The van der Waals surface area contributed by atoms with Crippen LogP contribution in [0.1, 0.15) is 16.7 Å². The summed E-state index contributed by atoms with van der Waals surface area (Å²) in [5.41, 5.74) is 3.41. The molecule has 0 aromatic heterocycles. The number of ether oxygens (including phenoxy) is 2. The summed E-state index contributed by atoms with van der Waals surface area (Å²) in [6.45, 7) is 2.29. The molecule has 0 radical (unpaired) electrons. The number of aryl methyl sites for hydroxylation is 1. The van der Waals surface area contributed by atoms with E-state index in [1.165, 1.54) is 23.9 Å². The second-order valence-electron chi connectivity index (χ2n) is 7.26. The molecule has 4 rings (SSSR count). The van der Waals surface area contributed by atoms with Gasteiger partial charge < -0.3 is 14.8 Å². The first-order chi connectivity index (χ1) is 15.9. The number of hydrogen-bond donors (Lipinski definition) is 1. The van der Waals surface area contributed by atoms with Crippen LogP contribution >= 0.6 is 27.7 Å². The number of methoxy groups -OCH3 is 1. The van der Waals surface area contributed by atoms with Crippen LogP contribution in [-0.4, -0.2) is 18.2 Å². The third kappa shape index (κ3) is 5.83. The monoisotopic (exact) mass is 526 g/mol. The van der Waals surface area contributed by atoms with Crippen molar-refractivity contribution in [2.75, 3.05) is 7.11 Å². The molecule has 1 amide bonds. The number of amides is 1. The van der Waals surface area contributed by atoms with Gasteiger partial charge in [-0.25, -0.2) is 9.38 Å². The molecule has 168 valence electrons. The molecule has 0 atom stereocenters. The van der Waals surface area contributed by atoms with Crippen molar-refractivity contribution in [1.82, 2.24) is 5.32 Å². The van der Waals surface area contributed by atoms with Crippen LogP contribution in [0.15, 0.2) is 75.0 Å². The summed E-state index contributed by atoms with van der Waals surface area (Å²) in [5.74, 6) is 0.801. The maximum Gasteiger partial charge on any atom is 0.264 e. The zero-order valence-electron chi connectivity index (χ0n) is 17.9. The van der Waals surface area contributed by atoms with Crippen molar-refractivity contribution in [3.8, 4) is 11.5 Å². The molecule has 1 fully saturated rings. The fraction of sp³-hybridized carbons (Fsp3) is 0.120. The van der Waals surface area contributed by atoms with E-state index in [0.717, 1.165) is 21.2 Å². The lowest BCUT2D eigenvalue weighted by Crippen LogP contribution is -2.19. The fourth-order valence-corrected chi connectivity index (χ4v) is 4.44. The average Bonchev–Trinajstić information content (AvgIpc) is 3.13. The third-order valence-corrected chi connectivity index (χ3v) is 6.30. The Morgan fingerprint density at radius 3 is 2.58 bits per heavy atom. The number of rotatable bonds is 6. The van der Waals surface area contributed by atoms with Gasteiger partial charge in [-0.3, -0.25) is 4.79 Å². The van der Waals surface area contributed by atoms with Crippen molar-refractivity contribution in [3.63, 3.8) is 0 Å². The number of benzene rings is 3. The highest BCUT2D eigenvalue weighted by atomic mass is 79.9. The van der Waals surface area contributed by atoms with Crippen molar-refractivity contribution in [1.29, 1.82) is 0 Å². The van der Waals surface area contributed by atoms with Crippen LogP contribution in [0.25, 0.3) is 6.08 Å². The first-order valence-electron chi connectivity index (χ1n) is 10.0. The summed E-state index contributed by atoms with van der Waals surface area (Å²) >= 11 is 4.79. The normalized spacial score (nSPS) is 15.7. The highest BCUT2D eigenvalue weighted by molar-refractivity contribution is 9.10. The predicted octanol–water partition coefficient (Wildman–Crippen LogP) is 6.38. The van der Waals surface area contributed by atoms with Gasteiger partial charge in [0.15, 0.2) is 5.17 Å². The predicted molar refractivity (Wildman–Crippen MR) is 133 cm³/mol. The Labute approximate surface area is 203 Å². The number of thioether (sulfide) groups is 1. The maximum absolute atomic E-state index is 13.0. The Hall–Kier alpha value is -3.10. The van der Waals surface area contributed by atoms with Gasteiger partial charge in [0.2, 0.25) is 0 Å². The van der Waals surface area contributed by atoms with Crippen molar-refractivity contribution < 1.29 is 18.7 Å². The van der Waals surface area contributed by atoms with Crippen LogP contribution < -0.4 is 14.8 Å². The van der Waals surface area contributed by atoms with E-state index in [-0.39, 0.29) is 11.7 Å². The SMILES string of the molecule is COc1ccc(C)cc1N=C1NC(=O)/C(=C/c2ccc(OCc3ccc(F)cc3)c(Br)c2)S1. The molecule has 1 saturated heterocycles. The van der Waals surface area contributed by atoms with Gasteiger partial charge in [0.1, 0.15) is 29.6 Å². The smallest absolute Gasteiger partial charge is 0.264 e.